The molecular formula is C23H30N6O3. The van der Waals surface area contributed by atoms with Crippen LogP contribution in [0.2, 0.25) is 0 Å². The van der Waals surface area contributed by atoms with Gasteiger partial charge in [0.05, 0.1) is 18.8 Å². The average molecular weight is 439 g/mol. The number of likely N-dealkylation sites (tertiary alicyclic amines) is 1. The minimum absolute atomic E-state index is 0.0147. The Balaban J connectivity index is 1.46. The van der Waals surface area contributed by atoms with Crippen LogP contribution in [0.25, 0.3) is 11.3 Å². The summed E-state index contributed by atoms with van der Waals surface area (Å²) in [4.78, 5) is 27.7. The summed E-state index contributed by atoms with van der Waals surface area (Å²) >= 11 is 0. The van der Waals surface area contributed by atoms with E-state index in [0.717, 1.165) is 29.9 Å². The highest BCUT2D eigenvalue weighted by Crippen LogP contribution is 2.28. The van der Waals surface area contributed by atoms with Crippen LogP contribution in [-0.4, -0.2) is 61.7 Å². The van der Waals surface area contributed by atoms with Crippen molar-refractivity contribution in [2.45, 2.75) is 38.8 Å². The molecule has 9 heteroatoms. The molecule has 1 fully saturated rings. The smallest absolute Gasteiger partial charge is 0.345 e. The lowest BCUT2D eigenvalue weighted by molar-refractivity contribution is 0.0699. The first-order valence-corrected chi connectivity index (χ1v) is 11.1. The second-order valence-electron chi connectivity index (χ2n) is 8.07. The van der Waals surface area contributed by atoms with Crippen LogP contribution in [0.4, 0.5) is 0 Å². The van der Waals surface area contributed by atoms with Gasteiger partial charge in [-0.25, -0.2) is 9.48 Å². The lowest BCUT2D eigenvalue weighted by Crippen LogP contribution is -2.39. The Morgan fingerprint density at radius 3 is 2.53 bits per heavy atom. The highest BCUT2D eigenvalue weighted by atomic mass is 16.5. The summed E-state index contributed by atoms with van der Waals surface area (Å²) < 4.78 is 9.97. The number of nitrogens with zero attached hydrogens (tertiary/aromatic N) is 6. The second kappa shape index (κ2) is 9.52. The predicted octanol–water partition coefficient (Wildman–Crippen LogP) is 2.13. The summed E-state index contributed by atoms with van der Waals surface area (Å²) in [6.07, 6.45) is 1.55. The van der Waals surface area contributed by atoms with Crippen molar-refractivity contribution in [2.75, 3.05) is 26.8 Å². The Morgan fingerprint density at radius 1 is 1.16 bits per heavy atom. The lowest BCUT2D eigenvalue weighted by atomic mass is 9.95. The van der Waals surface area contributed by atoms with Gasteiger partial charge >= 0.3 is 5.69 Å². The summed E-state index contributed by atoms with van der Waals surface area (Å²) in [5, 5.41) is 9.12. The maximum Gasteiger partial charge on any atom is 0.345 e. The second-order valence-corrected chi connectivity index (χ2v) is 8.07. The van der Waals surface area contributed by atoms with E-state index in [0.29, 0.717) is 38.5 Å². The summed E-state index contributed by atoms with van der Waals surface area (Å²) in [7, 11) is 3.42. The Morgan fingerprint density at radius 2 is 1.88 bits per heavy atom. The normalized spacial score (nSPS) is 14.8. The van der Waals surface area contributed by atoms with Crippen molar-refractivity contribution in [3.63, 3.8) is 0 Å². The minimum atomic E-state index is -0.0959. The molecule has 1 aliphatic rings. The van der Waals surface area contributed by atoms with Gasteiger partial charge in [0.1, 0.15) is 11.5 Å². The number of aryl methyl sites for hydroxylation is 1. The fourth-order valence-corrected chi connectivity index (χ4v) is 4.30. The van der Waals surface area contributed by atoms with Gasteiger partial charge in [-0.05, 0) is 25.8 Å². The van der Waals surface area contributed by atoms with Crippen LogP contribution in [-0.2, 0) is 24.9 Å². The largest absolute Gasteiger partial charge is 0.383 e. The van der Waals surface area contributed by atoms with E-state index in [4.69, 9.17) is 4.74 Å². The molecule has 3 aromatic rings. The van der Waals surface area contributed by atoms with Crippen molar-refractivity contribution in [2.24, 2.45) is 7.05 Å². The molecular weight excluding hydrogens is 408 g/mol. The van der Waals surface area contributed by atoms with Gasteiger partial charge in [0, 0.05) is 45.3 Å². The molecule has 0 aliphatic carbocycles. The molecule has 170 valence electrons. The third kappa shape index (κ3) is 4.25. The summed E-state index contributed by atoms with van der Waals surface area (Å²) in [5.74, 6) is 0.952. The summed E-state index contributed by atoms with van der Waals surface area (Å²) in [6.45, 7) is 4.67. The van der Waals surface area contributed by atoms with E-state index < -0.39 is 0 Å². The monoisotopic (exact) mass is 438 g/mol. The quantitative estimate of drug-likeness (QED) is 0.564. The van der Waals surface area contributed by atoms with Crippen LogP contribution in [0.3, 0.4) is 0 Å². The van der Waals surface area contributed by atoms with E-state index in [-0.39, 0.29) is 17.5 Å². The molecule has 0 atom stereocenters. The molecule has 0 bridgehead atoms. The van der Waals surface area contributed by atoms with E-state index in [1.165, 1.54) is 4.68 Å². The lowest BCUT2D eigenvalue weighted by Gasteiger charge is -2.31. The molecule has 0 spiro atoms. The van der Waals surface area contributed by atoms with Crippen LogP contribution in [0.5, 0.6) is 0 Å². The van der Waals surface area contributed by atoms with E-state index >= 15 is 0 Å². The number of ether oxygens (including phenoxy) is 1. The molecule has 0 unspecified atom stereocenters. The molecule has 0 N–H and O–H groups in total. The van der Waals surface area contributed by atoms with Crippen molar-refractivity contribution in [3.05, 3.63) is 58.4 Å². The maximum atomic E-state index is 13.2. The molecule has 0 saturated carbocycles. The maximum absolute atomic E-state index is 13.2. The Hall–Kier alpha value is -3.20. The van der Waals surface area contributed by atoms with Crippen molar-refractivity contribution < 1.29 is 9.53 Å². The van der Waals surface area contributed by atoms with E-state index in [1.807, 2.05) is 48.2 Å². The zero-order valence-corrected chi connectivity index (χ0v) is 18.9. The Bertz CT molecular complexity index is 1120. The van der Waals surface area contributed by atoms with Crippen LogP contribution < -0.4 is 5.69 Å². The van der Waals surface area contributed by atoms with E-state index in [1.54, 1.807) is 23.4 Å². The number of carbonyl (C=O) groups excluding carboxylic acids is 1. The molecule has 1 aliphatic heterocycles. The third-order valence-corrected chi connectivity index (χ3v) is 6.09. The van der Waals surface area contributed by atoms with Crippen LogP contribution >= 0.6 is 0 Å². The van der Waals surface area contributed by atoms with Crippen LogP contribution in [0.1, 0.15) is 42.0 Å². The van der Waals surface area contributed by atoms with Crippen molar-refractivity contribution in [1.82, 2.24) is 29.0 Å². The topological polar surface area (TPSA) is 87.2 Å². The fourth-order valence-electron chi connectivity index (χ4n) is 4.30. The zero-order chi connectivity index (χ0) is 22.7. The first-order chi connectivity index (χ1) is 15.5. The standard InChI is InChI=1S/C23H30N6O3/c1-4-28-21(25-29(23(28)31)14-15-32-3)18-10-12-27(13-11-18)22(30)20-16-19(24-26(20)2)17-8-6-5-7-9-17/h5-9,16,18H,4,10-15H2,1-3H3. The van der Waals surface area contributed by atoms with Gasteiger partial charge in [0.25, 0.3) is 5.91 Å². The number of hydrogen-bond donors (Lipinski definition) is 0. The highest BCUT2D eigenvalue weighted by Gasteiger charge is 2.30. The molecule has 0 radical (unpaired) electrons. The van der Waals surface area contributed by atoms with Gasteiger partial charge in [0.2, 0.25) is 0 Å². The van der Waals surface area contributed by atoms with Gasteiger partial charge in [-0.1, -0.05) is 30.3 Å². The molecule has 9 nitrogen and oxygen atoms in total. The molecule has 4 rings (SSSR count). The molecule has 3 heterocycles. The van der Waals surface area contributed by atoms with Gasteiger partial charge < -0.3 is 9.64 Å². The van der Waals surface area contributed by atoms with Gasteiger partial charge in [-0.2, -0.15) is 10.2 Å². The first kappa shape index (κ1) is 22.0. The first-order valence-electron chi connectivity index (χ1n) is 11.1. The molecule has 32 heavy (non-hydrogen) atoms. The average Bonchev–Trinajstić information content (AvgIpc) is 3.37. The van der Waals surface area contributed by atoms with Crippen molar-refractivity contribution in [3.8, 4) is 11.3 Å². The van der Waals surface area contributed by atoms with E-state index in [9.17, 15) is 9.59 Å². The van der Waals surface area contributed by atoms with E-state index in [2.05, 4.69) is 10.2 Å². The molecule has 1 aromatic carbocycles. The number of aromatic nitrogens is 5. The van der Waals surface area contributed by atoms with Gasteiger partial charge in [0.15, 0.2) is 0 Å². The zero-order valence-electron chi connectivity index (χ0n) is 18.9. The highest BCUT2D eigenvalue weighted by molar-refractivity contribution is 5.93. The molecule has 1 saturated heterocycles. The number of piperidine rings is 1. The van der Waals surface area contributed by atoms with Crippen LogP contribution in [0.15, 0.2) is 41.2 Å². The Kier molecular flexibility index (Phi) is 6.55. The molecule has 2 aromatic heterocycles. The van der Waals surface area contributed by atoms with Gasteiger partial charge in [-0.3, -0.25) is 14.0 Å². The fraction of sp³-hybridized carbons (Fsp3) is 0.478. The van der Waals surface area contributed by atoms with Crippen molar-refractivity contribution >= 4 is 5.91 Å². The number of carbonyl (C=O) groups is 1. The number of benzene rings is 1. The summed E-state index contributed by atoms with van der Waals surface area (Å²) in [5.41, 5.74) is 2.26. The Labute approximate surface area is 187 Å². The molecule has 1 amide bonds. The van der Waals surface area contributed by atoms with Crippen molar-refractivity contribution in [1.29, 1.82) is 0 Å². The minimum Gasteiger partial charge on any atom is -0.383 e. The number of methoxy groups -OCH3 is 1. The predicted molar refractivity (Wildman–Crippen MR) is 121 cm³/mol. The summed E-state index contributed by atoms with van der Waals surface area (Å²) in [6, 6.07) is 11.7. The van der Waals surface area contributed by atoms with Gasteiger partial charge in [-0.15, -0.1) is 0 Å². The number of hydrogen-bond acceptors (Lipinski definition) is 5. The SMILES string of the molecule is CCn1c(C2CCN(C(=O)c3cc(-c4ccccc4)nn3C)CC2)nn(CCOC)c1=O. The number of rotatable bonds is 7. The third-order valence-electron chi connectivity index (χ3n) is 6.09. The number of amides is 1. The van der Waals surface area contributed by atoms with Crippen LogP contribution in [0, 0.1) is 0 Å².